The lowest BCUT2D eigenvalue weighted by molar-refractivity contribution is 1.18. The van der Waals surface area contributed by atoms with Crippen LogP contribution in [0.25, 0.3) is 100 Å². The SMILES string of the molecule is c1ccc(-c2ccc(-c3cc(-c4ccc5nc(-c6ccccc6)c6c7ccc(-c8ccccc8)nc7ccc6c5c4)nc(-c4ccccc4)n3)cc2)cc1. The fourth-order valence-corrected chi connectivity index (χ4v) is 7.37. The van der Waals surface area contributed by atoms with Gasteiger partial charge in [-0.05, 0) is 52.9 Å². The van der Waals surface area contributed by atoms with Gasteiger partial charge in [-0.25, -0.2) is 19.9 Å². The van der Waals surface area contributed by atoms with E-state index in [4.69, 9.17) is 19.9 Å². The Kier molecular flexibility index (Phi) is 7.77. The molecule has 3 aromatic heterocycles. The van der Waals surface area contributed by atoms with Gasteiger partial charge in [0.05, 0.1) is 33.8 Å². The van der Waals surface area contributed by atoms with Crippen LogP contribution in [0.1, 0.15) is 0 Å². The van der Waals surface area contributed by atoms with Gasteiger partial charge in [0.15, 0.2) is 5.82 Å². The molecule has 0 spiro atoms. The van der Waals surface area contributed by atoms with E-state index in [0.717, 1.165) is 83.2 Å². The summed E-state index contributed by atoms with van der Waals surface area (Å²) in [7, 11) is 0. The first-order chi connectivity index (χ1) is 26.7. The topological polar surface area (TPSA) is 51.6 Å². The molecular weight excluding hydrogens is 657 g/mol. The third-order valence-electron chi connectivity index (χ3n) is 10.1. The molecule has 4 nitrogen and oxygen atoms in total. The summed E-state index contributed by atoms with van der Waals surface area (Å²) in [5, 5.41) is 4.34. The van der Waals surface area contributed by atoms with Gasteiger partial charge in [0.25, 0.3) is 0 Å². The molecule has 0 N–H and O–H groups in total. The van der Waals surface area contributed by atoms with Crippen LogP contribution in [-0.2, 0) is 0 Å². The molecule has 0 aliphatic carbocycles. The average molecular weight is 689 g/mol. The van der Waals surface area contributed by atoms with Gasteiger partial charge in [0, 0.05) is 44.0 Å². The summed E-state index contributed by atoms with van der Waals surface area (Å²) in [6.07, 6.45) is 0. The summed E-state index contributed by atoms with van der Waals surface area (Å²) in [6.45, 7) is 0. The maximum atomic E-state index is 5.34. The highest BCUT2D eigenvalue weighted by Crippen LogP contribution is 2.39. The normalized spacial score (nSPS) is 11.3. The van der Waals surface area contributed by atoms with Crippen molar-refractivity contribution in [3.8, 4) is 67.5 Å². The van der Waals surface area contributed by atoms with Gasteiger partial charge in [-0.15, -0.1) is 0 Å². The zero-order chi connectivity index (χ0) is 35.8. The molecule has 0 aliphatic heterocycles. The minimum Gasteiger partial charge on any atom is -0.248 e. The highest BCUT2D eigenvalue weighted by Gasteiger charge is 2.17. The maximum absolute atomic E-state index is 5.34. The average Bonchev–Trinajstić information content (AvgIpc) is 3.26. The number of hydrogen-bond donors (Lipinski definition) is 0. The van der Waals surface area contributed by atoms with E-state index in [2.05, 4.69) is 146 Å². The Balaban J connectivity index is 1.16. The van der Waals surface area contributed by atoms with Crippen LogP contribution < -0.4 is 0 Å². The molecule has 4 heteroatoms. The van der Waals surface area contributed by atoms with Gasteiger partial charge in [-0.1, -0.05) is 158 Å². The molecule has 0 amide bonds. The molecule has 0 aliphatic rings. The second kappa shape index (κ2) is 13.4. The number of nitrogens with zero attached hydrogens (tertiary/aromatic N) is 4. The minimum atomic E-state index is 0.684. The second-order valence-electron chi connectivity index (χ2n) is 13.4. The van der Waals surface area contributed by atoms with Crippen molar-refractivity contribution in [1.29, 1.82) is 0 Å². The van der Waals surface area contributed by atoms with Crippen molar-refractivity contribution in [1.82, 2.24) is 19.9 Å². The predicted molar refractivity (Wildman–Crippen MR) is 223 cm³/mol. The van der Waals surface area contributed by atoms with Gasteiger partial charge in [-0.3, -0.25) is 0 Å². The molecule has 3 heterocycles. The molecule has 0 bridgehead atoms. The quantitative estimate of drug-likeness (QED) is 0.163. The molecule has 0 radical (unpaired) electrons. The number of hydrogen-bond acceptors (Lipinski definition) is 4. The molecule has 54 heavy (non-hydrogen) atoms. The van der Waals surface area contributed by atoms with E-state index < -0.39 is 0 Å². The van der Waals surface area contributed by atoms with Crippen molar-refractivity contribution in [2.45, 2.75) is 0 Å². The van der Waals surface area contributed by atoms with Crippen molar-refractivity contribution in [2.24, 2.45) is 0 Å². The number of benzene rings is 7. The summed E-state index contributed by atoms with van der Waals surface area (Å²) in [5.41, 5.74) is 13.0. The Morgan fingerprint density at radius 2 is 0.741 bits per heavy atom. The highest BCUT2D eigenvalue weighted by atomic mass is 14.9. The second-order valence-corrected chi connectivity index (χ2v) is 13.4. The van der Waals surface area contributed by atoms with E-state index in [-0.39, 0.29) is 0 Å². The molecule has 0 fully saturated rings. The lowest BCUT2D eigenvalue weighted by Gasteiger charge is -2.15. The van der Waals surface area contributed by atoms with Crippen LogP contribution in [0.15, 0.2) is 194 Å². The largest absolute Gasteiger partial charge is 0.248 e. The van der Waals surface area contributed by atoms with Gasteiger partial charge in [0.1, 0.15) is 0 Å². The third-order valence-corrected chi connectivity index (χ3v) is 10.1. The summed E-state index contributed by atoms with van der Waals surface area (Å²) >= 11 is 0. The predicted octanol–water partition coefficient (Wildman–Crippen LogP) is 12.7. The van der Waals surface area contributed by atoms with E-state index >= 15 is 0 Å². The Hall–Kier alpha value is -7.30. The number of pyridine rings is 2. The summed E-state index contributed by atoms with van der Waals surface area (Å²) in [5.74, 6) is 0.684. The maximum Gasteiger partial charge on any atom is 0.160 e. The van der Waals surface area contributed by atoms with E-state index in [1.807, 2.05) is 48.5 Å². The van der Waals surface area contributed by atoms with Crippen LogP contribution in [0.5, 0.6) is 0 Å². The van der Waals surface area contributed by atoms with Crippen molar-refractivity contribution >= 4 is 32.6 Å². The zero-order valence-corrected chi connectivity index (χ0v) is 29.3. The smallest absolute Gasteiger partial charge is 0.160 e. The highest BCUT2D eigenvalue weighted by molar-refractivity contribution is 6.21. The van der Waals surface area contributed by atoms with Crippen molar-refractivity contribution in [3.63, 3.8) is 0 Å². The molecule has 0 atom stereocenters. The third kappa shape index (κ3) is 5.76. The summed E-state index contributed by atoms with van der Waals surface area (Å²) in [6, 6.07) is 67.3. The molecule has 10 rings (SSSR count). The van der Waals surface area contributed by atoms with Crippen molar-refractivity contribution in [2.75, 3.05) is 0 Å². The van der Waals surface area contributed by atoms with Crippen LogP contribution >= 0.6 is 0 Å². The van der Waals surface area contributed by atoms with Crippen LogP contribution in [-0.4, -0.2) is 19.9 Å². The molecule has 252 valence electrons. The van der Waals surface area contributed by atoms with Crippen LogP contribution in [0.2, 0.25) is 0 Å². The van der Waals surface area contributed by atoms with Gasteiger partial charge >= 0.3 is 0 Å². The monoisotopic (exact) mass is 688 g/mol. The van der Waals surface area contributed by atoms with Crippen LogP contribution in [0.3, 0.4) is 0 Å². The van der Waals surface area contributed by atoms with Crippen LogP contribution in [0.4, 0.5) is 0 Å². The zero-order valence-electron chi connectivity index (χ0n) is 29.3. The molecule has 0 saturated carbocycles. The standard InChI is InChI=1S/C50H32N4/c1-5-13-33(14-6-1)34-21-23-36(24-22-34)46-32-47(54-50(53-46)38-19-11-4-12-20-38)39-25-28-45-42(31-39)40-26-30-44-41(27-29-43(51-44)35-15-7-2-8-16-35)48(40)49(52-45)37-17-9-3-10-18-37/h1-32H. The van der Waals surface area contributed by atoms with E-state index in [1.165, 1.54) is 11.1 Å². The fraction of sp³-hybridized carbons (Fsp3) is 0. The molecule has 0 saturated heterocycles. The van der Waals surface area contributed by atoms with Gasteiger partial charge in [-0.2, -0.15) is 0 Å². The van der Waals surface area contributed by atoms with Gasteiger partial charge < -0.3 is 0 Å². The lowest BCUT2D eigenvalue weighted by Crippen LogP contribution is -1.97. The Bertz CT molecular complexity index is 2950. The summed E-state index contributed by atoms with van der Waals surface area (Å²) in [4.78, 5) is 20.7. The molecule has 0 unspecified atom stereocenters. The summed E-state index contributed by atoms with van der Waals surface area (Å²) < 4.78 is 0. The lowest BCUT2D eigenvalue weighted by atomic mass is 9.95. The number of aromatic nitrogens is 4. The molecule has 10 aromatic rings. The van der Waals surface area contributed by atoms with E-state index in [9.17, 15) is 0 Å². The Labute approximate surface area is 313 Å². The first kappa shape index (κ1) is 31.4. The Morgan fingerprint density at radius 3 is 1.43 bits per heavy atom. The van der Waals surface area contributed by atoms with E-state index in [1.54, 1.807) is 0 Å². The van der Waals surface area contributed by atoms with E-state index in [0.29, 0.717) is 5.82 Å². The number of rotatable bonds is 6. The van der Waals surface area contributed by atoms with Gasteiger partial charge in [0.2, 0.25) is 0 Å². The molecule has 7 aromatic carbocycles. The van der Waals surface area contributed by atoms with Crippen molar-refractivity contribution in [3.05, 3.63) is 194 Å². The number of fused-ring (bicyclic) bond motifs is 5. The first-order valence-electron chi connectivity index (χ1n) is 18.1. The minimum absolute atomic E-state index is 0.684. The molecular formula is C50H32N4. The Morgan fingerprint density at radius 1 is 0.259 bits per heavy atom. The van der Waals surface area contributed by atoms with Crippen LogP contribution in [0, 0.1) is 0 Å². The van der Waals surface area contributed by atoms with Crippen molar-refractivity contribution < 1.29 is 0 Å². The first-order valence-corrected chi connectivity index (χ1v) is 18.1. The fourth-order valence-electron chi connectivity index (χ4n) is 7.37.